The number of hydrogen-bond donors (Lipinski definition) is 2. The molecule has 2 N–H and O–H groups in total. The highest BCUT2D eigenvalue weighted by Gasteiger charge is 2.26. The van der Waals surface area contributed by atoms with Gasteiger partial charge in [0.2, 0.25) is 0 Å². The molecule has 0 amide bonds. The van der Waals surface area contributed by atoms with Crippen LogP contribution in [0.25, 0.3) is 0 Å². The minimum atomic E-state index is -0.851. The smallest absolute Gasteiger partial charge is 0.310 e. The largest absolute Gasteiger partial charge is 0.461 e. The molecule has 6 nitrogen and oxygen atoms in total. The molecule has 0 bridgehead atoms. The summed E-state index contributed by atoms with van der Waals surface area (Å²) in [5, 5.41) is 18.1. The molecule has 0 aliphatic heterocycles. The van der Waals surface area contributed by atoms with Gasteiger partial charge in [0.05, 0.1) is 25.0 Å². The number of carbonyl (C=O) groups is 2. The van der Waals surface area contributed by atoms with Crippen LogP contribution in [0.1, 0.15) is 27.2 Å². The quantitative estimate of drug-likeness (QED) is 0.457. The van der Waals surface area contributed by atoms with Gasteiger partial charge in [-0.2, -0.15) is 11.8 Å². The van der Waals surface area contributed by atoms with Gasteiger partial charge in [0, 0.05) is 11.5 Å². The number of rotatable bonds is 10. The fraction of sp³-hybridized carbons (Fsp3) is 0.733. The van der Waals surface area contributed by atoms with Gasteiger partial charge in [-0.1, -0.05) is 12.7 Å². The summed E-state index contributed by atoms with van der Waals surface area (Å²) < 4.78 is 10.2. The van der Waals surface area contributed by atoms with E-state index in [1.807, 2.05) is 0 Å². The Morgan fingerprint density at radius 1 is 1.32 bits per heavy atom. The van der Waals surface area contributed by atoms with Crippen LogP contribution >= 0.6 is 11.8 Å². The lowest BCUT2D eigenvalue weighted by molar-refractivity contribution is -0.160. The Labute approximate surface area is 135 Å². The number of aliphatic hydroxyl groups excluding tert-OH is 2. The average molecular weight is 334 g/mol. The van der Waals surface area contributed by atoms with E-state index in [0.29, 0.717) is 5.75 Å². The SMILES string of the molecule is C=CCOC(=O)[C@H](CSCC(O)CO)CC(=O)OC(C)(C)C. The van der Waals surface area contributed by atoms with E-state index in [1.165, 1.54) is 17.8 Å². The van der Waals surface area contributed by atoms with Crippen molar-refractivity contribution >= 4 is 23.7 Å². The molecule has 1 unspecified atom stereocenters. The Hall–Kier alpha value is -1.05. The third-order valence-electron chi connectivity index (χ3n) is 2.35. The Morgan fingerprint density at radius 3 is 2.45 bits per heavy atom. The highest BCUT2D eigenvalue weighted by molar-refractivity contribution is 7.99. The summed E-state index contributed by atoms with van der Waals surface area (Å²) in [6, 6.07) is 0. The maximum Gasteiger partial charge on any atom is 0.310 e. The molecule has 0 heterocycles. The minimum Gasteiger partial charge on any atom is -0.461 e. The van der Waals surface area contributed by atoms with Crippen molar-refractivity contribution in [3.63, 3.8) is 0 Å². The molecule has 0 rings (SSSR count). The summed E-state index contributed by atoms with van der Waals surface area (Å²) in [6.07, 6.45) is 0.511. The lowest BCUT2D eigenvalue weighted by atomic mass is 10.1. The van der Waals surface area contributed by atoms with Crippen LogP contribution in [0.2, 0.25) is 0 Å². The van der Waals surface area contributed by atoms with Gasteiger partial charge in [-0.15, -0.1) is 0 Å². The highest BCUT2D eigenvalue weighted by atomic mass is 32.2. The van der Waals surface area contributed by atoms with E-state index in [0.717, 1.165) is 0 Å². The number of carbonyl (C=O) groups excluding carboxylic acids is 2. The molecular formula is C15H26O6S. The molecule has 0 fully saturated rings. The molecule has 0 saturated carbocycles. The van der Waals surface area contributed by atoms with Crippen LogP contribution in [0, 0.1) is 5.92 Å². The molecule has 0 aromatic heterocycles. The van der Waals surface area contributed by atoms with E-state index in [4.69, 9.17) is 14.6 Å². The predicted octanol–water partition coefficient (Wildman–Crippen LogP) is 1.15. The van der Waals surface area contributed by atoms with Gasteiger partial charge in [0.25, 0.3) is 0 Å². The monoisotopic (exact) mass is 334 g/mol. The number of ether oxygens (including phenoxy) is 2. The predicted molar refractivity (Wildman–Crippen MR) is 85.5 cm³/mol. The zero-order valence-corrected chi connectivity index (χ0v) is 14.2. The van der Waals surface area contributed by atoms with E-state index in [9.17, 15) is 14.7 Å². The first-order valence-corrected chi connectivity index (χ1v) is 8.21. The number of aliphatic hydroxyl groups is 2. The molecule has 0 saturated heterocycles. The fourth-order valence-corrected chi connectivity index (χ4v) is 2.50. The molecule has 0 spiro atoms. The molecule has 2 atom stereocenters. The Bertz CT molecular complexity index is 364. The molecule has 0 aromatic rings. The van der Waals surface area contributed by atoms with Crippen LogP contribution in [-0.2, 0) is 19.1 Å². The normalized spacial score (nSPS) is 14.0. The van der Waals surface area contributed by atoms with Gasteiger partial charge in [-0.3, -0.25) is 9.59 Å². The first-order valence-electron chi connectivity index (χ1n) is 7.05. The fourth-order valence-electron chi connectivity index (χ4n) is 1.45. The summed E-state index contributed by atoms with van der Waals surface area (Å²) in [5.41, 5.74) is -0.618. The van der Waals surface area contributed by atoms with E-state index in [-0.39, 0.29) is 25.4 Å². The number of esters is 2. The number of hydrogen-bond acceptors (Lipinski definition) is 7. The van der Waals surface area contributed by atoms with E-state index in [2.05, 4.69) is 6.58 Å². The van der Waals surface area contributed by atoms with Crippen LogP contribution in [0.5, 0.6) is 0 Å². The summed E-state index contributed by atoms with van der Waals surface area (Å²) in [7, 11) is 0. The second-order valence-corrected chi connectivity index (χ2v) is 6.85. The summed E-state index contributed by atoms with van der Waals surface area (Å²) in [4.78, 5) is 23.8. The summed E-state index contributed by atoms with van der Waals surface area (Å²) in [5.74, 6) is -1.07. The second kappa shape index (κ2) is 10.6. The van der Waals surface area contributed by atoms with Crippen LogP contribution in [0.4, 0.5) is 0 Å². The zero-order chi connectivity index (χ0) is 17.2. The van der Waals surface area contributed by atoms with E-state index >= 15 is 0 Å². The molecule has 0 radical (unpaired) electrons. The maximum atomic E-state index is 11.9. The van der Waals surface area contributed by atoms with Gasteiger partial charge in [-0.25, -0.2) is 0 Å². The lowest BCUT2D eigenvalue weighted by Gasteiger charge is -2.21. The minimum absolute atomic E-state index is 0.0770. The van der Waals surface area contributed by atoms with Gasteiger partial charge in [-0.05, 0) is 20.8 Å². The van der Waals surface area contributed by atoms with Crippen molar-refractivity contribution in [2.75, 3.05) is 24.7 Å². The van der Waals surface area contributed by atoms with Crippen molar-refractivity contribution in [2.45, 2.75) is 38.9 Å². The Balaban J connectivity index is 4.54. The molecule has 22 heavy (non-hydrogen) atoms. The van der Waals surface area contributed by atoms with Crippen molar-refractivity contribution in [1.29, 1.82) is 0 Å². The second-order valence-electron chi connectivity index (χ2n) is 5.78. The molecule has 0 aliphatic rings. The third-order valence-corrected chi connectivity index (χ3v) is 3.61. The standard InChI is InChI=1S/C15H26O6S/c1-5-6-20-14(19)11(9-22-10-12(17)8-16)7-13(18)21-15(2,3)4/h5,11-12,16-17H,1,6-10H2,2-4H3/t11-,12?/m0/s1. The van der Waals surface area contributed by atoms with E-state index in [1.54, 1.807) is 20.8 Å². The van der Waals surface area contributed by atoms with Crippen molar-refractivity contribution in [3.05, 3.63) is 12.7 Å². The van der Waals surface area contributed by atoms with Crippen molar-refractivity contribution < 1.29 is 29.3 Å². The molecule has 0 aliphatic carbocycles. The Morgan fingerprint density at radius 2 is 1.95 bits per heavy atom. The molecule has 0 aromatic carbocycles. The molecule has 128 valence electrons. The van der Waals surface area contributed by atoms with Gasteiger partial charge in [0.15, 0.2) is 0 Å². The topological polar surface area (TPSA) is 93.1 Å². The molecular weight excluding hydrogens is 308 g/mol. The number of thioether (sulfide) groups is 1. The van der Waals surface area contributed by atoms with Crippen molar-refractivity contribution in [3.8, 4) is 0 Å². The lowest BCUT2D eigenvalue weighted by Crippen LogP contribution is -2.29. The van der Waals surface area contributed by atoms with Crippen LogP contribution in [-0.4, -0.2) is 58.6 Å². The average Bonchev–Trinajstić information content (AvgIpc) is 2.41. The Kier molecular flexibility index (Phi) is 10.1. The van der Waals surface area contributed by atoms with Crippen LogP contribution in [0.3, 0.4) is 0 Å². The maximum absolute atomic E-state index is 11.9. The first kappa shape index (κ1) is 20.9. The van der Waals surface area contributed by atoms with Crippen LogP contribution in [0.15, 0.2) is 12.7 Å². The van der Waals surface area contributed by atoms with Gasteiger partial charge in [0.1, 0.15) is 12.2 Å². The van der Waals surface area contributed by atoms with Crippen LogP contribution < -0.4 is 0 Å². The highest BCUT2D eigenvalue weighted by Crippen LogP contribution is 2.18. The van der Waals surface area contributed by atoms with Gasteiger partial charge < -0.3 is 19.7 Å². The van der Waals surface area contributed by atoms with E-state index < -0.39 is 29.6 Å². The third kappa shape index (κ3) is 10.6. The van der Waals surface area contributed by atoms with Crippen molar-refractivity contribution in [2.24, 2.45) is 5.92 Å². The molecule has 7 heteroatoms. The first-order chi connectivity index (χ1) is 10.2. The van der Waals surface area contributed by atoms with Gasteiger partial charge >= 0.3 is 11.9 Å². The van der Waals surface area contributed by atoms with Crippen molar-refractivity contribution in [1.82, 2.24) is 0 Å². The summed E-state index contributed by atoms with van der Waals surface area (Å²) in [6.45, 7) is 8.45. The zero-order valence-electron chi connectivity index (χ0n) is 13.4. The summed E-state index contributed by atoms with van der Waals surface area (Å²) >= 11 is 1.27.